The summed E-state index contributed by atoms with van der Waals surface area (Å²) in [7, 11) is 1.61. The van der Waals surface area contributed by atoms with E-state index in [2.05, 4.69) is 34.5 Å². The Labute approximate surface area is 154 Å². The average molecular weight is 345 g/mol. The molecule has 4 heteroatoms. The van der Waals surface area contributed by atoms with Crippen LogP contribution in [0.2, 0.25) is 0 Å². The highest BCUT2D eigenvalue weighted by atomic mass is 16.1. The average Bonchev–Trinajstić information content (AvgIpc) is 2.68. The van der Waals surface area contributed by atoms with Gasteiger partial charge >= 0.3 is 0 Å². The van der Waals surface area contributed by atoms with E-state index >= 15 is 0 Å². The number of hydrogen-bond acceptors (Lipinski definition) is 3. The van der Waals surface area contributed by atoms with E-state index in [0.717, 1.165) is 18.8 Å². The van der Waals surface area contributed by atoms with Crippen molar-refractivity contribution in [3.63, 3.8) is 0 Å². The van der Waals surface area contributed by atoms with Crippen LogP contribution in [-0.2, 0) is 13.1 Å². The van der Waals surface area contributed by atoms with Crippen molar-refractivity contribution in [2.75, 3.05) is 17.7 Å². The summed E-state index contributed by atoms with van der Waals surface area (Å²) in [6, 6.07) is 26.1. The molecule has 3 rings (SSSR count). The minimum absolute atomic E-state index is 0.138. The second-order valence-electron chi connectivity index (χ2n) is 6.18. The summed E-state index contributed by atoms with van der Waals surface area (Å²) in [5, 5.41) is 2.63. The van der Waals surface area contributed by atoms with E-state index in [0.29, 0.717) is 11.3 Å². The van der Waals surface area contributed by atoms with E-state index in [4.69, 9.17) is 5.73 Å². The Bertz CT molecular complexity index is 822. The van der Waals surface area contributed by atoms with Gasteiger partial charge in [-0.05, 0) is 29.3 Å². The van der Waals surface area contributed by atoms with Crippen LogP contribution in [0.25, 0.3) is 0 Å². The summed E-state index contributed by atoms with van der Waals surface area (Å²) in [5.74, 6) is -0.138. The van der Waals surface area contributed by atoms with E-state index in [-0.39, 0.29) is 5.91 Å². The van der Waals surface area contributed by atoms with Crippen LogP contribution < -0.4 is 16.0 Å². The van der Waals surface area contributed by atoms with E-state index < -0.39 is 0 Å². The summed E-state index contributed by atoms with van der Waals surface area (Å²) in [6.45, 7) is 1.47. The number of rotatable bonds is 6. The highest BCUT2D eigenvalue weighted by molar-refractivity contribution is 5.96. The van der Waals surface area contributed by atoms with Crippen molar-refractivity contribution in [1.82, 2.24) is 5.32 Å². The molecule has 0 saturated heterocycles. The summed E-state index contributed by atoms with van der Waals surface area (Å²) < 4.78 is 0. The third kappa shape index (κ3) is 4.22. The highest BCUT2D eigenvalue weighted by Crippen LogP contribution is 2.27. The first-order valence-electron chi connectivity index (χ1n) is 8.62. The van der Waals surface area contributed by atoms with Crippen molar-refractivity contribution in [3.05, 3.63) is 95.6 Å². The molecule has 0 aromatic heterocycles. The van der Waals surface area contributed by atoms with Gasteiger partial charge in [0.25, 0.3) is 5.91 Å². The Morgan fingerprint density at radius 3 is 1.88 bits per heavy atom. The van der Waals surface area contributed by atoms with Crippen LogP contribution in [0.4, 0.5) is 11.4 Å². The molecule has 0 bridgehead atoms. The molecular formula is C22H23N3O. The van der Waals surface area contributed by atoms with Gasteiger partial charge in [-0.1, -0.05) is 60.7 Å². The molecule has 0 radical (unpaired) electrons. The molecule has 0 atom stereocenters. The van der Waals surface area contributed by atoms with Gasteiger partial charge in [0.1, 0.15) is 0 Å². The molecule has 0 aliphatic heterocycles. The summed E-state index contributed by atoms with van der Waals surface area (Å²) in [6.07, 6.45) is 0. The zero-order valence-corrected chi connectivity index (χ0v) is 14.9. The van der Waals surface area contributed by atoms with Crippen LogP contribution in [0.15, 0.2) is 78.9 Å². The molecule has 0 aliphatic carbocycles. The van der Waals surface area contributed by atoms with Crippen LogP contribution in [0.5, 0.6) is 0 Å². The summed E-state index contributed by atoms with van der Waals surface area (Å²) >= 11 is 0. The van der Waals surface area contributed by atoms with Gasteiger partial charge in [-0.2, -0.15) is 0 Å². The fourth-order valence-corrected chi connectivity index (χ4v) is 2.96. The number of nitrogens with two attached hydrogens (primary N) is 1. The smallest absolute Gasteiger partial charge is 0.251 e. The maximum atomic E-state index is 11.8. The molecule has 0 aliphatic rings. The van der Waals surface area contributed by atoms with Crippen molar-refractivity contribution < 1.29 is 4.79 Å². The SMILES string of the molecule is CNC(=O)c1ccc(N(Cc2ccccc2)Cc2ccccc2)c(N)c1. The lowest BCUT2D eigenvalue weighted by molar-refractivity contribution is 0.0963. The fraction of sp³-hybridized carbons (Fsp3) is 0.136. The molecule has 4 nitrogen and oxygen atoms in total. The van der Waals surface area contributed by atoms with Crippen LogP contribution in [0, 0.1) is 0 Å². The first-order valence-corrected chi connectivity index (χ1v) is 8.62. The normalized spacial score (nSPS) is 10.3. The van der Waals surface area contributed by atoms with Crippen molar-refractivity contribution in [2.45, 2.75) is 13.1 Å². The molecule has 0 spiro atoms. The van der Waals surface area contributed by atoms with E-state index in [1.807, 2.05) is 48.5 Å². The molecular weight excluding hydrogens is 322 g/mol. The van der Waals surface area contributed by atoms with E-state index in [9.17, 15) is 4.79 Å². The van der Waals surface area contributed by atoms with E-state index in [1.165, 1.54) is 11.1 Å². The summed E-state index contributed by atoms with van der Waals surface area (Å²) in [5.41, 5.74) is 10.8. The number of carbonyl (C=O) groups is 1. The Balaban J connectivity index is 1.93. The second-order valence-corrected chi connectivity index (χ2v) is 6.18. The minimum Gasteiger partial charge on any atom is -0.397 e. The standard InChI is InChI=1S/C22H23N3O/c1-24-22(26)19-12-13-21(20(23)14-19)25(15-17-8-4-2-5-9-17)16-18-10-6-3-7-11-18/h2-14H,15-16,23H2,1H3,(H,24,26). The van der Waals surface area contributed by atoms with Crippen LogP contribution in [0.3, 0.4) is 0 Å². The molecule has 132 valence electrons. The maximum Gasteiger partial charge on any atom is 0.251 e. The number of nitrogens with one attached hydrogen (secondary N) is 1. The van der Waals surface area contributed by atoms with Crippen molar-refractivity contribution in [2.24, 2.45) is 0 Å². The Morgan fingerprint density at radius 1 is 0.885 bits per heavy atom. The Morgan fingerprint density at radius 2 is 1.42 bits per heavy atom. The van der Waals surface area contributed by atoms with Gasteiger partial charge in [0.05, 0.1) is 11.4 Å². The minimum atomic E-state index is -0.138. The predicted octanol–water partition coefficient (Wildman–Crippen LogP) is 3.84. The number of nitrogen functional groups attached to an aromatic ring is 1. The summed E-state index contributed by atoms with van der Waals surface area (Å²) in [4.78, 5) is 14.1. The number of amides is 1. The Kier molecular flexibility index (Phi) is 5.54. The second kappa shape index (κ2) is 8.21. The first kappa shape index (κ1) is 17.5. The number of nitrogens with zero attached hydrogens (tertiary/aromatic N) is 1. The van der Waals surface area contributed by atoms with E-state index in [1.54, 1.807) is 13.1 Å². The number of carbonyl (C=O) groups excluding carboxylic acids is 1. The van der Waals surface area contributed by atoms with Gasteiger partial charge in [0, 0.05) is 25.7 Å². The van der Waals surface area contributed by atoms with Gasteiger partial charge < -0.3 is 16.0 Å². The first-order chi connectivity index (χ1) is 12.7. The molecule has 0 unspecified atom stereocenters. The third-order valence-corrected chi connectivity index (χ3v) is 4.29. The van der Waals surface area contributed by atoms with Gasteiger partial charge in [-0.3, -0.25) is 4.79 Å². The molecule has 0 heterocycles. The monoisotopic (exact) mass is 345 g/mol. The molecule has 3 aromatic rings. The largest absolute Gasteiger partial charge is 0.397 e. The molecule has 1 amide bonds. The molecule has 3 aromatic carbocycles. The Hall–Kier alpha value is -3.27. The zero-order chi connectivity index (χ0) is 18.4. The highest BCUT2D eigenvalue weighted by Gasteiger charge is 2.14. The van der Waals surface area contributed by atoms with Gasteiger partial charge in [0.2, 0.25) is 0 Å². The van der Waals surface area contributed by atoms with Gasteiger partial charge in [-0.25, -0.2) is 0 Å². The van der Waals surface area contributed by atoms with Crippen LogP contribution >= 0.6 is 0 Å². The van der Waals surface area contributed by atoms with Crippen LogP contribution in [-0.4, -0.2) is 13.0 Å². The molecule has 0 saturated carbocycles. The number of benzene rings is 3. The van der Waals surface area contributed by atoms with Crippen molar-refractivity contribution >= 4 is 17.3 Å². The third-order valence-electron chi connectivity index (χ3n) is 4.29. The lowest BCUT2D eigenvalue weighted by Gasteiger charge is -2.27. The lowest BCUT2D eigenvalue weighted by atomic mass is 10.1. The van der Waals surface area contributed by atoms with Gasteiger partial charge in [0.15, 0.2) is 0 Å². The molecule has 3 N–H and O–H groups in total. The van der Waals surface area contributed by atoms with Crippen molar-refractivity contribution in [3.8, 4) is 0 Å². The fourth-order valence-electron chi connectivity index (χ4n) is 2.96. The topological polar surface area (TPSA) is 58.4 Å². The number of anilines is 2. The maximum absolute atomic E-state index is 11.8. The zero-order valence-electron chi connectivity index (χ0n) is 14.9. The van der Waals surface area contributed by atoms with Crippen molar-refractivity contribution in [1.29, 1.82) is 0 Å². The lowest BCUT2D eigenvalue weighted by Crippen LogP contribution is -2.24. The predicted molar refractivity (Wildman–Crippen MR) is 107 cm³/mol. The molecule has 0 fully saturated rings. The quantitative estimate of drug-likeness (QED) is 0.668. The molecule has 26 heavy (non-hydrogen) atoms. The number of hydrogen-bond donors (Lipinski definition) is 2. The van der Waals surface area contributed by atoms with Gasteiger partial charge in [-0.15, -0.1) is 0 Å². The van der Waals surface area contributed by atoms with Crippen LogP contribution in [0.1, 0.15) is 21.5 Å².